The molecule has 0 spiro atoms. The molecule has 9 heteroatoms. The fourth-order valence-corrected chi connectivity index (χ4v) is 2.72. The minimum absolute atomic E-state index is 0.0898. The van der Waals surface area contributed by atoms with Crippen molar-refractivity contribution in [3.63, 3.8) is 0 Å². The molecule has 1 fully saturated rings. The number of fused-ring (bicyclic) bond motifs is 1. The summed E-state index contributed by atoms with van der Waals surface area (Å²) in [6, 6.07) is 0. The molecule has 0 bridgehead atoms. The normalized spacial score (nSPS) is 28.8. The zero-order chi connectivity index (χ0) is 16.0. The van der Waals surface area contributed by atoms with Gasteiger partial charge in [-0.05, 0) is 12.3 Å². The van der Waals surface area contributed by atoms with E-state index in [2.05, 4.69) is 15.0 Å². The van der Waals surface area contributed by atoms with Gasteiger partial charge in [-0.1, -0.05) is 13.8 Å². The molecule has 4 N–H and O–H groups in total. The molecule has 4 atom stereocenters. The molecule has 8 nitrogen and oxygen atoms in total. The van der Waals surface area contributed by atoms with E-state index in [1.807, 2.05) is 13.8 Å². The molecule has 3 rings (SSSR count). The van der Waals surface area contributed by atoms with E-state index in [1.165, 1.54) is 10.9 Å². The third kappa shape index (κ3) is 2.40. The highest BCUT2D eigenvalue weighted by Crippen LogP contribution is 2.34. The second kappa shape index (κ2) is 5.41. The van der Waals surface area contributed by atoms with Crippen molar-refractivity contribution in [2.75, 3.05) is 5.73 Å². The van der Waals surface area contributed by atoms with Crippen LogP contribution in [-0.4, -0.2) is 48.0 Å². The molecular formula is C13H18FN5O3. The smallest absolute Gasteiger partial charge is 0.312 e. The van der Waals surface area contributed by atoms with Gasteiger partial charge in [-0.15, -0.1) is 0 Å². The van der Waals surface area contributed by atoms with Crippen LogP contribution in [0, 0.1) is 12.0 Å². The van der Waals surface area contributed by atoms with Gasteiger partial charge in [0.1, 0.15) is 12.2 Å². The van der Waals surface area contributed by atoms with Crippen LogP contribution in [0.3, 0.4) is 0 Å². The Bertz CT molecular complexity index is 692. The maximum absolute atomic E-state index is 13.4. The average molecular weight is 311 g/mol. The van der Waals surface area contributed by atoms with E-state index >= 15 is 0 Å². The first-order chi connectivity index (χ1) is 10.4. The topological polar surface area (TPSA) is 119 Å². The Kier molecular flexibility index (Phi) is 3.71. The number of nitrogen functional groups attached to an aromatic ring is 1. The van der Waals surface area contributed by atoms with Crippen LogP contribution >= 0.6 is 0 Å². The van der Waals surface area contributed by atoms with Crippen molar-refractivity contribution in [2.45, 2.75) is 44.8 Å². The van der Waals surface area contributed by atoms with Crippen molar-refractivity contribution in [1.82, 2.24) is 19.5 Å². The van der Waals surface area contributed by atoms with Gasteiger partial charge in [0.25, 0.3) is 0 Å². The number of nitrogens with zero attached hydrogens (tertiary/aromatic N) is 4. The number of anilines is 1. The number of aromatic nitrogens is 4. The number of halogens is 1. The molecule has 2 aromatic rings. The van der Waals surface area contributed by atoms with Crippen LogP contribution < -0.4 is 5.73 Å². The number of ether oxygens (including phenoxy) is 1. The van der Waals surface area contributed by atoms with Crippen LogP contribution in [0.2, 0.25) is 0 Å². The summed E-state index contributed by atoms with van der Waals surface area (Å²) >= 11 is 0. The van der Waals surface area contributed by atoms with Crippen molar-refractivity contribution in [2.24, 2.45) is 5.92 Å². The molecule has 1 saturated heterocycles. The van der Waals surface area contributed by atoms with Crippen LogP contribution in [0.4, 0.5) is 10.2 Å². The van der Waals surface area contributed by atoms with E-state index in [0.29, 0.717) is 12.3 Å². The highest BCUT2D eigenvalue weighted by atomic mass is 19.1. The molecule has 0 radical (unpaired) electrons. The first-order valence-electron chi connectivity index (χ1n) is 7.05. The minimum atomic E-state index is -1.17. The van der Waals surface area contributed by atoms with Gasteiger partial charge in [-0.2, -0.15) is 14.4 Å². The maximum Gasteiger partial charge on any atom is 0.312 e. The van der Waals surface area contributed by atoms with Gasteiger partial charge in [-0.25, -0.2) is 4.98 Å². The van der Waals surface area contributed by atoms with Crippen LogP contribution in [0.1, 0.15) is 26.5 Å². The van der Waals surface area contributed by atoms with Crippen LogP contribution in [0.25, 0.3) is 11.2 Å². The fraction of sp³-hybridized carbons (Fsp3) is 0.615. The maximum atomic E-state index is 13.4. The SMILES string of the molecule is CC(C)C[C@H]1O[C@@H](n2cnc3c(N)nc(F)nc32)[C@@H](O)[C@@H]1O. The number of hydrogen-bond donors (Lipinski definition) is 3. The van der Waals surface area contributed by atoms with E-state index < -0.39 is 30.6 Å². The van der Waals surface area contributed by atoms with Crippen molar-refractivity contribution >= 4 is 17.0 Å². The first kappa shape index (κ1) is 15.1. The zero-order valence-corrected chi connectivity index (χ0v) is 12.2. The van der Waals surface area contributed by atoms with Crippen molar-refractivity contribution in [3.8, 4) is 0 Å². The lowest BCUT2D eigenvalue weighted by atomic mass is 10.0. The quantitative estimate of drug-likeness (QED) is 0.693. The average Bonchev–Trinajstić information content (AvgIpc) is 2.95. The van der Waals surface area contributed by atoms with Crippen molar-refractivity contribution in [3.05, 3.63) is 12.4 Å². The Morgan fingerprint density at radius 2 is 2.09 bits per heavy atom. The Morgan fingerprint density at radius 3 is 2.77 bits per heavy atom. The van der Waals surface area contributed by atoms with Crippen molar-refractivity contribution in [1.29, 1.82) is 0 Å². The monoisotopic (exact) mass is 311 g/mol. The number of imidazole rings is 1. The van der Waals surface area contributed by atoms with Gasteiger partial charge in [0, 0.05) is 0 Å². The number of hydrogen-bond acceptors (Lipinski definition) is 7. The number of rotatable bonds is 3. The van der Waals surface area contributed by atoms with Crippen molar-refractivity contribution < 1.29 is 19.3 Å². The van der Waals surface area contributed by atoms with Crippen LogP contribution in [0.15, 0.2) is 6.33 Å². The molecule has 0 saturated carbocycles. The van der Waals surface area contributed by atoms with E-state index in [4.69, 9.17) is 10.5 Å². The summed E-state index contributed by atoms with van der Waals surface area (Å²) in [6.45, 7) is 3.98. The van der Waals surface area contributed by atoms with Gasteiger partial charge in [0.05, 0.1) is 12.4 Å². The Hall–Kier alpha value is -1.84. The lowest BCUT2D eigenvalue weighted by molar-refractivity contribution is -0.0401. The number of aliphatic hydroxyl groups is 2. The minimum Gasteiger partial charge on any atom is -0.388 e. The number of aliphatic hydroxyl groups excluding tert-OH is 2. The van der Waals surface area contributed by atoms with E-state index in [-0.39, 0.29) is 17.0 Å². The summed E-state index contributed by atoms with van der Waals surface area (Å²) in [5.41, 5.74) is 5.94. The van der Waals surface area contributed by atoms with E-state index in [0.717, 1.165) is 0 Å². The molecule has 120 valence electrons. The summed E-state index contributed by atoms with van der Waals surface area (Å²) in [7, 11) is 0. The van der Waals surface area contributed by atoms with Gasteiger partial charge in [-0.3, -0.25) is 4.57 Å². The molecule has 0 aromatic carbocycles. The summed E-state index contributed by atoms with van der Waals surface area (Å²) in [5, 5.41) is 20.3. The first-order valence-corrected chi connectivity index (χ1v) is 7.05. The second-order valence-electron chi connectivity index (χ2n) is 5.88. The van der Waals surface area contributed by atoms with E-state index in [1.54, 1.807) is 0 Å². The third-order valence-electron chi connectivity index (χ3n) is 3.74. The summed E-state index contributed by atoms with van der Waals surface area (Å²) in [5.74, 6) is 0.202. The van der Waals surface area contributed by atoms with Gasteiger partial charge >= 0.3 is 6.08 Å². The summed E-state index contributed by atoms with van der Waals surface area (Å²) in [4.78, 5) is 11.1. The van der Waals surface area contributed by atoms with Crippen LogP contribution in [0.5, 0.6) is 0 Å². The largest absolute Gasteiger partial charge is 0.388 e. The van der Waals surface area contributed by atoms with Crippen LogP contribution in [-0.2, 0) is 4.74 Å². The number of nitrogens with two attached hydrogens (primary N) is 1. The molecular weight excluding hydrogens is 293 g/mol. The summed E-state index contributed by atoms with van der Waals surface area (Å²) in [6.07, 6.45) is -2.67. The highest BCUT2D eigenvalue weighted by molar-refractivity contribution is 5.81. The third-order valence-corrected chi connectivity index (χ3v) is 3.74. The van der Waals surface area contributed by atoms with Gasteiger partial charge < -0.3 is 20.7 Å². The predicted molar refractivity (Wildman–Crippen MR) is 75.1 cm³/mol. The highest BCUT2D eigenvalue weighted by Gasteiger charge is 2.44. The molecule has 3 heterocycles. The molecule has 1 aliphatic heterocycles. The molecule has 22 heavy (non-hydrogen) atoms. The standard InChI is InChI=1S/C13H18FN5O3/c1-5(2)3-6-8(20)9(21)12(22-6)19-4-16-7-10(15)17-13(14)18-11(7)19/h4-6,8-9,12,20-21H,3H2,1-2H3,(H2,15,17,18)/t6-,8-,9+,12-/m1/s1. The lowest BCUT2D eigenvalue weighted by Crippen LogP contribution is -2.32. The Balaban J connectivity index is 1.98. The predicted octanol–water partition coefficient (Wildman–Crippen LogP) is 0.213. The molecule has 0 aliphatic carbocycles. The van der Waals surface area contributed by atoms with E-state index in [9.17, 15) is 14.6 Å². The Labute approximate surface area is 125 Å². The zero-order valence-electron chi connectivity index (χ0n) is 12.2. The molecule has 2 aromatic heterocycles. The fourth-order valence-electron chi connectivity index (χ4n) is 2.72. The molecule has 0 amide bonds. The molecule has 0 unspecified atom stereocenters. The molecule has 1 aliphatic rings. The lowest BCUT2D eigenvalue weighted by Gasteiger charge is -2.17. The second-order valence-corrected chi connectivity index (χ2v) is 5.88. The van der Waals surface area contributed by atoms with Gasteiger partial charge in [0.15, 0.2) is 23.2 Å². The van der Waals surface area contributed by atoms with Gasteiger partial charge in [0.2, 0.25) is 0 Å². The Morgan fingerprint density at radius 1 is 1.36 bits per heavy atom. The summed E-state index contributed by atoms with van der Waals surface area (Å²) < 4.78 is 20.5.